The predicted molar refractivity (Wildman–Crippen MR) is 108 cm³/mol. The Morgan fingerprint density at radius 3 is 2.12 bits per heavy atom. The number of halogens is 1. The van der Waals surface area contributed by atoms with E-state index in [0.29, 0.717) is 25.9 Å². The van der Waals surface area contributed by atoms with Gasteiger partial charge in [0.15, 0.2) is 0 Å². The number of carbonyl (C=O) groups is 1. The van der Waals surface area contributed by atoms with Crippen molar-refractivity contribution < 1.29 is 13.2 Å². The first-order valence-electron chi connectivity index (χ1n) is 8.51. The van der Waals surface area contributed by atoms with Gasteiger partial charge in [-0.15, -0.1) is 0 Å². The summed E-state index contributed by atoms with van der Waals surface area (Å²) in [5, 5.41) is 2.84. The minimum absolute atomic E-state index is 0.0767. The third-order valence-electron chi connectivity index (χ3n) is 4.04. The highest BCUT2D eigenvalue weighted by Gasteiger charge is 2.21. The Morgan fingerprint density at radius 2 is 1.58 bits per heavy atom. The molecule has 0 fully saturated rings. The molecule has 7 heteroatoms. The summed E-state index contributed by atoms with van der Waals surface area (Å²) >= 11 is 3.35. The Labute approximate surface area is 163 Å². The van der Waals surface area contributed by atoms with Crippen LogP contribution in [0.5, 0.6) is 0 Å². The molecule has 0 aliphatic carbocycles. The van der Waals surface area contributed by atoms with E-state index in [0.717, 1.165) is 15.7 Å². The van der Waals surface area contributed by atoms with E-state index in [9.17, 15) is 13.2 Å². The van der Waals surface area contributed by atoms with Crippen molar-refractivity contribution in [3.8, 4) is 0 Å². The van der Waals surface area contributed by atoms with Crippen molar-refractivity contribution >= 4 is 37.5 Å². The third-order valence-corrected chi connectivity index (χ3v) is 6.63. The summed E-state index contributed by atoms with van der Waals surface area (Å²) in [4.78, 5) is 12.3. The number of rotatable bonds is 8. The summed E-state index contributed by atoms with van der Waals surface area (Å²) in [6, 6.07) is 14.1. The van der Waals surface area contributed by atoms with E-state index in [1.54, 1.807) is 24.3 Å². The lowest BCUT2D eigenvalue weighted by molar-refractivity contribution is -0.116. The van der Waals surface area contributed by atoms with Crippen molar-refractivity contribution in [1.29, 1.82) is 0 Å². The zero-order valence-corrected chi connectivity index (χ0v) is 17.3. The van der Waals surface area contributed by atoms with Crippen molar-refractivity contribution in [1.82, 2.24) is 4.31 Å². The van der Waals surface area contributed by atoms with Gasteiger partial charge in [0.2, 0.25) is 15.9 Å². The van der Waals surface area contributed by atoms with Crippen molar-refractivity contribution in [2.75, 3.05) is 18.4 Å². The van der Waals surface area contributed by atoms with Gasteiger partial charge >= 0.3 is 0 Å². The Morgan fingerprint density at radius 1 is 1.00 bits per heavy atom. The van der Waals surface area contributed by atoms with Crippen molar-refractivity contribution in [2.24, 2.45) is 0 Å². The first-order chi connectivity index (χ1) is 12.4. The van der Waals surface area contributed by atoms with Crippen LogP contribution in [-0.2, 0) is 21.2 Å². The van der Waals surface area contributed by atoms with Gasteiger partial charge in [-0.05, 0) is 48.4 Å². The molecule has 2 aromatic carbocycles. The summed E-state index contributed by atoms with van der Waals surface area (Å²) in [6.07, 6.45) is 0.881. The minimum Gasteiger partial charge on any atom is -0.326 e. The smallest absolute Gasteiger partial charge is 0.243 e. The van der Waals surface area contributed by atoms with Crippen LogP contribution in [0.3, 0.4) is 0 Å². The number of benzene rings is 2. The summed E-state index contributed by atoms with van der Waals surface area (Å²) in [5.74, 6) is -0.0767. The highest BCUT2D eigenvalue weighted by Crippen LogP contribution is 2.17. The van der Waals surface area contributed by atoms with Gasteiger partial charge in [-0.2, -0.15) is 4.31 Å². The lowest BCUT2D eigenvalue weighted by atomic mass is 10.1. The molecule has 0 radical (unpaired) electrons. The van der Waals surface area contributed by atoms with E-state index in [-0.39, 0.29) is 10.8 Å². The molecular formula is C19H23BrN2O3S. The highest BCUT2D eigenvalue weighted by atomic mass is 79.9. The summed E-state index contributed by atoms with van der Waals surface area (Å²) in [5.41, 5.74) is 1.67. The molecule has 2 rings (SSSR count). The van der Waals surface area contributed by atoms with Gasteiger partial charge in [0.25, 0.3) is 0 Å². The number of aryl methyl sites for hydroxylation is 1. The number of sulfonamides is 1. The van der Waals surface area contributed by atoms with Gasteiger partial charge in [-0.25, -0.2) is 8.42 Å². The molecule has 2 aromatic rings. The SMILES string of the molecule is CCN(CC)S(=O)(=O)c1ccc(CCC(=O)Nc2ccc(Br)cc2)cc1. The van der Waals surface area contributed by atoms with Crippen LogP contribution in [0.1, 0.15) is 25.8 Å². The normalized spacial score (nSPS) is 11.5. The van der Waals surface area contributed by atoms with Gasteiger partial charge in [0, 0.05) is 29.7 Å². The molecule has 26 heavy (non-hydrogen) atoms. The molecule has 0 aliphatic heterocycles. The molecule has 0 spiro atoms. The molecule has 0 saturated carbocycles. The topological polar surface area (TPSA) is 66.5 Å². The van der Waals surface area contributed by atoms with E-state index in [1.807, 2.05) is 38.1 Å². The fourth-order valence-electron chi connectivity index (χ4n) is 2.56. The second-order valence-corrected chi connectivity index (χ2v) is 8.64. The first-order valence-corrected chi connectivity index (χ1v) is 10.7. The number of amides is 1. The van der Waals surface area contributed by atoms with Crippen LogP contribution in [-0.4, -0.2) is 31.7 Å². The molecule has 0 aromatic heterocycles. The lowest BCUT2D eigenvalue weighted by Gasteiger charge is -2.18. The highest BCUT2D eigenvalue weighted by molar-refractivity contribution is 9.10. The second-order valence-electron chi connectivity index (χ2n) is 5.79. The monoisotopic (exact) mass is 438 g/mol. The number of nitrogens with zero attached hydrogens (tertiary/aromatic N) is 1. The largest absolute Gasteiger partial charge is 0.326 e. The van der Waals surface area contributed by atoms with Crippen LogP contribution < -0.4 is 5.32 Å². The van der Waals surface area contributed by atoms with E-state index >= 15 is 0 Å². The van der Waals surface area contributed by atoms with E-state index in [2.05, 4.69) is 21.2 Å². The van der Waals surface area contributed by atoms with Crippen LogP contribution in [0.15, 0.2) is 57.9 Å². The molecule has 0 saturated heterocycles. The molecule has 5 nitrogen and oxygen atoms in total. The van der Waals surface area contributed by atoms with Crippen molar-refractivity contribution in [2.45, 2.75) is 31.6 Å². The molecule has 1 N–H and O–H groups in total. The van der Waals surface area contributed by atoms with Crippen LogP contribution in [0.2, 0.25) is 0 Å². The van der Waals surface area contributed by atoms with Crippen LogP contribution in [0, 0.1) is 0 Å². The molecule has 0 atom stereocenters. The Kier molecular flexibility index (Phi) is 7.37. The zero-order chi connectivity index (χ0) is 19.2. The fourth-order valence-corrected chi connectivity index (χ4v) is 4.28. The second kappa shape index (κ2) is 9.30. The number of hydrogen-bond acceptors (Lipinski definition) is 3. The van der Waals surface area contributed by atoms with Gasteiger partial charge in [-0.3, -0.25) is 4.79 Å². The number of hydrogen-bond donors (Lipinski definition) is 1. The average molecular weight is 439 g/mol. The lowest BCUT2D eigenvalue weighted by Crippen LogP contribution is -2.30. The quantitative estimate of drug-likeness (QED) is 0.675. The maximum atomic E-state index is 12.5. The zero-order valence-electron chi connectivity index (χ0n) is 14.9. The molecule has 0 bridgehead atoms. The molecular weight excluding hydrogens is 416 g/mol. The Hall–Kier alpha value is -1.70. The minimum atomic E-state index is -3.44. The average Bonchev–Trinajstić information content (AvgIpc) is 2.63. The third kappa shape index (κ3) is 5.40. The van der Waals surface area contributed by atoms with Crippen molar-refractivity contribution in [3.63, 3.8) is 0 Å². The molecule has 0 aliphatic rings. The van der Waals surface area contributed by atoms with E-state index in [1.165, 1.54) is 4.31 Å². The number of anilines is 1. The molecule has 140 valence electrons. The summed E-state index contributed by atoms with van der Waals surface area (Å²) < 4.78 is 27.3. The number of nitrogens with one attached hydrogen (secondary N) is 1. The van der Waals surface area contributed by atoms with Crippen LogP contribution >= 0.6 is 15.9 Å². The fraction of sp³-hybridized carbons (Fsp3) is 0.316. The van der Waals surface area contributed by atoms with Gasteiger partial charge in [-0.1, -0.05) is 41.9 Å². The maximum absolute atomic E-state index is 12.5. The van der Waals surface area contributed by atoms with Crippen LogP contribution in [0.25, 0.3) is 0 Å². The first kappa shape index (κ1) is 20.6. The van der Waals surface area contributed by atoms with Gasteiger partial charge in [0.1, 0.15) is 0 Å². The van der Waals surface area contributed by atoms with Crippen LogP contribution in [0.4, 0.5) is 5.69 Å². The number of carbonyl (C=O) groups excluding carboxylic acids is 1. The Bertz CT molecular complexity index is 830. The van der Waals surface area contributed by atoms with Gasteiger partial charge < -0.3 is 5.32 Å². The maximum Gasteiger partial charge on any atom is 0.243 e. The van der Waals surface area contributed by atoms with E-state index < -0.39 is 10.0 Å². The standard InChI is InChI=1S/C19H23BrN2O3S/c1-3-22(4-2)26(24,25)18-12-5-15(6-13-18)7-14-19(23)21-17-10-8-16(20)9-11-17/h5-6,8-13H,3-4,7,14H2,1-2H3,(H,21,23). The molecule has 0 unspecified atom stereocenters. The Balaban J connectivity index is 1.94. The van der Waals surface area contributed by atoms with E-state index in [4.69, 9.17) is 0 Å². The van der Waals surface area contributed by atoms with Gasteiger partial charge in [0.05, 0.1) is 4.90 Å². The molecule has 0 heterocycles. The predicted octanol–water partition coefficient (Wildman–Crippen LogP) is 4.05. The summed E-state index contributed by atoms with van der Waals surface area (Å²) in [7, 11) is -3.44. The van der Waals surface area contributed by atoms with Crippen molar-refractivity contribution in [3.05, 3.63) is 58.6 Å². The summed E-state index contributed by atoms with van der Waals surface area (Å²) in [6.45, 7) is 4.52. The molecule has 1 amide bonds.